The van der Waals surface area contributed by atoms with Crippen molar-refractivity contribution in [3.8, 4) is 0 Å². The number of hydrogen-bond acceptors (Lipinski definition) is 6. The Labute approximate surface area is 141 Å². The van der Waals surface area contributed by atoms with Crippen LogP contribution < -0.4 is 4.90 Å². The van der Waals surface area contributed by atoms with Crippen molar-refractivity contribution in [1.29, 1.82) is 0 Å². The second-order valence-electron chi connectivity index (χ2n) is 5.55. The minimum atomic E-state index is -1.01. The minimum Gasteiger partial charge on any atom is -0.354 e. The lowest BCUT2D eigenvalue weighted by Crippen LogP contribution is -2.29. The molecule has 132 valence electrons. The van der Waals surface area contributed by atoms with Crippen LogP contribution in [0.4, 0.5) is 10.2 Å². The van der Waals surface area contributed by atoms with Crippen molar-refractivity contribution in [2.24, 2.45) is 0 Å². The Morgan fingerprint density at radius 2 is 2.04 bits per heavy atom. The Balaban J connectivity index is 1.95. The molecular weight excluding hydrogens is 315 g/mol. The number of aromatic nitrogens is 1. The Morgan fingerprint density at radius 3 is 2.54 bits per heavy atom. The number of anilines is 1. The van der Waals surface area contributed by atoms with Crippen molar-refractivity contribution in [3.05, 3.63) is 23.9 Å². The van der Waals surface area contributed by atoms with Gasteiger partial charge in [-0.05, 0) is 32.4 Å². The maximum Gasteiger partial charge on any atom is 0.218 e. The van der Waals surface area contributed by atoms with Crippen molar-refractivity contribution in [1.82, 2.24) is 4.98 Å². The molecule has 0 radical (unpaired) electrons. The van der Waals surface area contributed by atoms with Crippen LogP contribution in [0.5, 0.6) is 0 Å². The fraction of sp³-hybridized carbons (Fsp3) is 0.588. The first-order valence-corrected chi connectivity index (χ1v) is 8.19. The lowest BCUT2D eigenvalue weighted by Gasteiger charge is -2.16. The monoisotopic (exact) mass is 338 g/mol. The van der Waals surface area contributed by atoms with Gasteiger partial charge in [0.2, 0.25) is 6.29 Å². The number of rotatable bonds is 9. The molecule has 24 heavy (non-hydrogen) atoms. The highest BCUT2D eigenvalue weighted by Gasteiger charge is 2.24. The van der Waals surface area contributed by atoms with Crippen molar-refractivity contribution in [2.45, 2.75) is 39.2 Å². The van der Waals surface area contributed by atoms with Crippen LogP contribution in [0.25, 0.3) is 0 Å². The summed E-state index contributed by atoms with van der Waals surface area (Å²) in [4.78, 5) is 30.3. The van der Waals surface area contributed by atoms with Gasteiger partial charge in [0.15, 0.2) is 11.6 Å². The van der Waals surface area contributed by atoms with Gasteiger partial charge in [-0.15, -0.1) is 0 Å². The zero-order chi connectivity index (χ0) is 17.5. The molecule has 1 aromatic heterocycles. The Bertz CT molecular complexity index is 558. The number of Topliss-reactive ketones (excluding diaryl/α,β-unsaturated/α-hetero) is 2. The first kappa shape index (κ1) is 18.5. The average Bonchev–Trinajstić information content (AvgIpc) is 3.01. The molecule has 0 aromatic carbocycles. The summed E-state index contributed by atoms with van der Waals surface area (Å²) in [6, 6.07) is 3.29. The number of carbonyl (C=O) groups excluding carboxylic acids is 2. The fourth-order valence-electron chi connectivity index (χ4n) is 2.54. The number of alkyl halides is 1. The van der Waals surface area contributed by atoms with Gasteiger partial charge in [-0.1, -0.05) is 0 Å². The molecule has 0 aliphatic carbocycles. The van der Waals surface area contributed by atoms with E-state index in [4.69, 9.17) is 9.47 Å². The Morgan fingerprint density at radius 1 is 1.33 bits per heavy atom. The molecule has 1 aliphatic heterocycles. The predicted octanol–water partition coefficient (Wildman–Crippen LogP) is 2.17. The quantitative estimate of drug-likeness (QED) is 0.390. The molecule has 0 N–H and O–H groups in total. The van der Waals surface area contributed by atoms with E-state index < -0.39 is 18.2 Å². The summed E-state index contributed by atoms with van der Waals surface area (Å²) in [6.45, 7) is 5.10. The summed E-state index contributed by atoms with van der Waals surface area (Å²) in [6.07, 6.45) is -0.232. The molecule has 1 aromatic rings. The standard InChI is InChI=1S/C17H23FN2O4/c1-3-23-17(24-4-2)15(22)9-14(21)12-5-6-16(19-10-12)20-8-7-13(18)11-20/h5-6,10,13,17H,3-4,7-9,11H2,1-2H3/t13-/m1/s1. The van der Waals surface area contributed by atoms with Gasteiger partial charge in [0.05, 0.1) is 13.0 Å². The summed E-state index contributed by atoms with van der Waals surface area (Å²) in [5, 5.41) is 0. The number of ether oxygens (including phenoxy) is 2. The Hall–Kier alpha value is -1.86. The van der Waals surface area contributed by atoms with E-state index in [0.29, 0.717) is 44.1 Å². The van der Waals surface area contributed by atoms with Crippen molar-refractivity contribution >= 4 is 17.4 Å². The fourth-order valence-corrected chi connectivity index (χ4v) is 2.54. The normalized spacial score (nSPS) is 17.5. The molecule has 0 saturated carbocycles. The molecule has 2 heterocycles. The molecule has 1 saturated heterocycles. The predicted molar refractivity (Wildman–Crippen MR) is 87.0 cm³/mol. The number of pyridine rings is 1. The summed E-state index contributed by atoms with van der Waals surface area (Å²) in [5.41, 5.74) is 0.342. The van der Waals surface area contributed by atoms with Gasteiger partial charge in [0.25, 0.3) is 0 Å². The van der Waals surface area contributed by atoms with Gasteiger partial charge in [-0.25, -0.2) is 9.37 Å². The third kappa shape index (κ3) is 4.82. The van der Waals surface area contributed by atoms with Crippen LogP contribution in [0.1, 0.15) is 37.0 Å². The lowest BCUT2D eigenvalue weighted by atomic mass is 10.1. The van der Waals surface area contributed by atoms with Crippen LogP contribution in [0, 0.1) is 0 Å². The molecule has 0 amide bonds. The first-order valence-electron chi connectivity index (χ1n) is 8.19. The van der Waals surface area contributed by atoms with E-state index in [1.165, 1.54) is 6.20 Å². The maximum atomic E-state index is 13.2. The zero-order valence-corrected chi connectivity index (χ0v) is 14.0. The zero-order valence-electron chi connectivity index (χ0n) is 14.0. The van der Waals surface area contributed by atoms with E-state index in [1.807, 2.05) is 4.90 Å². The number of ketones is 2. The van der Waals surface area contributed by atoms with E-state index in [-0.39, 0.29) is 12.2 Å². The van der Waals surface area contributed by atoms with E-state index in [0.717, 1.165) is 0 Å². The van der Waals surface area contributed by atoms with E-state index in [9.17, 15) is 14.0 Å². The summed E-state index contributed by atoms with van der Waals surface area (Å²) in [5.74, 6) is -0.111. The summed E-state index contributed by atoms with van der Waals surface area (Å²) in [7, 11) is 0. The molecule has 0 bridgehead atoms. The van der Waals surface area contributed by atoms with Gasteiger partial charge in [-0.3, -0.25) is 9.59 Å². The van der Waals surface area contributed by atoms with Crippen LogP contribution in [-0.2, 0) is 14.3 Å². The second-order valence-corrected chi connectivity index (χ2v) is 5.55. The average molecular weight is 338 g/mol. The van der Waals surface area contributed by atoms with Gasteiger partial charge in [0, 0.05) is 31.5 Å². The SMILES string of the molecule is CCOC(OCC)C(=O)CC(=O)c1ccc(N2CC[C@@H](F)C2)nc1. The molecule has 1 aliphatic rings. The van der Waals surface area contributed by atoms with Gasteiger partial charge >= 0.3 is 0 Å². The molecule has 0 spiro atoms. The molecule has 1 fully saturated rings. The lowest BCUT2D eigenvalue weighted by molar-refractivity contribution is -0.166. The highest BCUT2D eigenvalue weighted by atomic mass is 19.1. The van der Waals surface area contributed by atoms with Crippen LogP contribution >= 0.6 is 0 Å². The van der Waals surface area contributed by atoms with Crippen LogP contribution in [-0.4, -0.2) is 55.3 Å². The molecule has 2 rings (SSSR count). The number of halogens is 1. The summed E-state index contributed by atoms with van der Waals surface area (Å²) >= 11 is 0. The topological polar surface area (TPSA) is 68.7 Å². The van der Waals surface area contributed by atoms with Gasteiger partial charge in [-0.2, -0.15) is 0 Å². The first-order chi connectivity index (χ1) is 11.5. The van der Waals surface area contributed by atoms with Crippen LogP contribution in [0.2, 0.25) is 0 Å². The maximum absolute atomic E-state index is 13.2. The second kappa shape index (κ2) is 8.84. The molecule has 1 atom stereocenters. The third-order valence-corrected chi connectivity index (χ3v) is 3.76. The van der Waals surface area contributed by atoms with Crippen molar-refractivity contribution in [3.63, 3.8) is 0 Å². The van der Waals surface area contributed by atoms with Crippen molar-refractivity contribution in [2.75, 3.05) is 31.2 Å². The smallest absolute Gasteiger partial charge is 0.218 e. The molecular formula is C17H23FN2O4. The molecule has 7 heteroatoms. The molecule has 0 unspecified atom stereocenters. The highest BCUT2D eigenvalue weighted by molar-refractivity contribution is 6.08. The minimum absolute atomic E-state index is 0.304. The van der Waals surface area contributed by atoms with Gasteiger partial charge < -0.3 is 14.4 Å². The number of hydrogen-bond donors (Lipinski definition) is 0. The van der Waals surface area contributed by atoms with E-state index in [2.05, 4.69) is 4.98 Å². The van der Waals surface area contributed by atoms with E-state index in [1.54, 1.807) is 26.0 Å². The van der Waals surface area contributed by atoms with Gasteiger partial charge in [0.1, 0.15) is 12.0 Å². The summed E-state index contributed by atoms with van der Waals surface area (Å²) < 4.78 is 23.6. The largest absolute Gasteiger partial charge is 0.354 e. The van der Waals surface area contributed by atoms with E-state index >= 15 is 0 Å². The number of nitrogens with zero attached hydrogens (tertiary/aromatic N) is 2. The van der Waals surface area contributed by atoms with Crippen molar-refractivity contribution < 1.29 is 23.5 Å². The highest BCUT2D eigenvalue weighted by Crippen LogP contribution is 2.20. The number of carbonyl (C=O) groups is 2. The third-order valence-electron chi connectivity index (χ3n) is 3.76. The Kier molecular flexibility index (Phi) is 6.81. The van der Waals surface area contributed by atoms with Crippen LogP contribution in [0.3, 0.4) is 0 Å². The van der Waals surface area contributed by atoms with Crippen LogP contribution in [0.15, 0.2) is 18.3 Å². The molecule has 6 nitrogen and oxygen atoms in total.